The highest BCUT2D eigenvalue weighted by atomic mass is 16.5. The number of rotatable bonds is 0. The number of allylic oxidation sites excluding steroid dienone is 3. The molecule has 0 amide bonds. The highest BCUT2D eigenvalue weighted by molar-refractivity contribution is 5.32. The summed E-state index contributed by atoms with van der Waals surface area (Å²) < 4.78 is 0. The Labute approximate surface area is 132 Å². The van der Waals surface area contributed by atoms with Crippen molar-refractivity contribution in [2.24, 2.45) is 28.6 Å². The maximum atomic E-state index is 10.1. The van der Waals surface area contributed by atoms with E-state index in [1.165, 1.54) is 32.1 Å². The Morgan fingerprint density at radius 2 is 1.86 bits per heavy atom. The Kier molecular flexibility index (Phi) is 2.95. The number of aliphatic hydroxyl groups excluding tert-OH is 1. The molecule has 122 valence electrons. The molecule has 0 bridgehead atoms. The fourth-order valence-corrected chi connectivity index (χ4v) is 6.14. The predicted octanol–water partition coefficient (Wildman–Crippen LogP) is 3.68. The zero-order valence-electron chi connectivity index (χ0n) is 13.7. The molecule has 0 aliphatic heterocycles. The van der Waals surface area contributed by atoms with Crippen LogP contribution in [0.1, 0.15) is 58.8 Å². The molecule has 0 unspecified atom stereocenters. The second-order valence-corrected chi connectivity index (χ2v) is 8.74. The lowest BCUT2D eigenvalue weighted by molar-refractivity contribution is -0.183. The first-order valence-corrected chi connectivity index (χ1v) is 8.83. The molecule has 3 heteroatoms. The molecule has 0 heterocycles. The van der Waals surface area contributed by atoms with Crippen molar-refractivity contribution in [3.63, 3.8) is 0 Å². The van der Waals surface area contributed by atoms with Crippen LogP contribution in [0.25, 0.3) is 0 Å². The summed E-state index contributed by atoms with van der Waals surface area (Å²) in [6, 6.07) is 0. The van der Waals surface area contributed by atoms with Crippen LogP contribution < -0.4 is 0 Å². The minimum absolute atomic E-state index is 0.132. The van der Waals surface area contributed by atoms with Gasteiger partial charge in [0.2, 0.25) is 5.79 Å². The van der Waals surface area contributed by atoms with Crippen molar-refractivity contribution in [1.29, 1.82) is 0 Å². The molecule has 0 spiro atoms. The lowest BCUT2D eigenvalue weighted by Crippen LogP contribution is -2.51. The van der Waals surface area contributed by atoms with Crippen molar-refractivity contribution in [1.82, 2.24) is 0 Å². The zero-order valence-corrected chi connectivity index (χ0v) is 13.7. The van der Waals surface area contributed by atoms with Crippen LogP contribution in [0.4, 0.5) is 0 Å². The first kappa shape index (κ1) is 14.8. The number of aliphatic hydroxyl groups is 3. The van der Waals surface area contributed by atoms with Crippen LogP contribution in [0.2, 0.25) is 0 Å². The second-order valence-electron chi connectivity index (χ2n) is 8.74. The van der Waals surface area contributed by atoms with Crippen molar-refractivity contribution in [2.75, 3.05) is 0 Å². The monoisotopic (exact) mass is 304 g/mol. The summed E-state index contributed by atoms with van der Waals surface area (Å²) in [6.07, 6.45) is 11.8. The van der Waals surface area contributed by atoms with E-state index < -0.39 is 5.79 Å². The lowest BCUT2D eigenvalue weighted by atomic mass is 9.50. The number of hydrogen-bond acceptors (Lipinski definition) is 3. The highest BCUT2D eigenvalue weighted by Crippen LogP contribution is 2.64. The smallest absolute Gasteiger partial charge is 0.222 e. The van der Waals surface area contributed by atoms with Crippen molar-refractivity contribution in [3.05, 3.63) is 23.5 Å². The molecule has 0 aromatic rings. The van der Waals surface area contributed by atoms with E-state index in [1.54, 1.807) is 11.6 Å². The van der Waals surface area contributed by atoms with Gasteiger partial charge in [-0.2, -0.15) is 0 Å². The van der Waals surface area contributed by atoms with Crippen molar-refractivity contribution < 1.29 is 15.3 Å². The van der Waals surface area contributed by atoms with Gasteiger partial charge < -0.3 is 15.3 Å². The Morgan fingerprint density at radius 3 is 2.64 bits per heavy atom. The SMILES string of the molecule is C[C@@]12CCC[C@H]1C1=CC[C@@H]3CC(O)(O)C(O)=C[C@]3(C)[C@H]1CC2. The van der Waals surface area contributed by atoms with Crippen molar-refractivity contribution in [3.8, 4) is 0 Å². The van der Waals surface area contributed by atoms with E-state index in [0.29, 0.717) is 17.3 Å². The van der Waals surface area contributed by atoms with E-state index in [4.69, 9.17) is 0 Å². The quantitative estimate of drug-likeness (QED) is 0.472. The Morgan fingerprint density at radius 1 is 1.09 bits per heavy atom. The molecule has 4 aliphatic rings. The maximum Gasteiger partial charge on any atom is 0.222 e. The normalized spacial score (nSPS) is 49.5. The molecule has 5 atom stereocenters. The molecular formula is C19H28O3. The minimum Gasteiger partial charge on any atom is -0.507 e. The van der Waals surface area contributed by atoms with Crippen LogP contribution in [0.3, 0.4) is 0 Å². The van der Waals surface area contributed by atoms with Crippen LogP contribution in [0.15, 0.2) is 23.5 Å². The van der Waals surface area contributed by atoms with Gasteiger partial charge in [0.1, 0.15) is 5.76 Å². The fraction of sp³-hybridized carbons (Fsp3) is 0.789. The molecule has 2 saturated carbocycles. The Hall–Kier alpha value is -0.800. The van der Waals surface area contributed by atoms with E-state index in [2.05, 4.69) is 19.9 Å². The van der Waals surface area contributed by atoms with Crippen LogP contribution in [-0.4, -0.2) is 21.1 Å². The molecule has 0 radical (unpaired) electrons. The highest BCUT2D eigenvalue weighted by Gasteiger charge is 2.56. The van der Waals surface area contributed by atoms with Gasteiger partial charge in [0.25, 0.3) is 0 Å². The molecule has 22 heavy (non-hydrogen) atoms. The molecule has 2 fully saturated rings. The van der Waals surface area contributed by atoms with E-state index in [0.717, 1.165) is 6.42 Å². The topological polar surface area (TPSA) is 60.7 Å². The van der Waals surface area contributed by atoms with Gasteiger partial charge in [-0.05, 0) is 66.8 Å². The van der Waals surface area contributed by atoms with E-state index >= 15 is 0 Å². The Bertz CT molecular complexity index is 561. The van der Waals surface area contributed by atoms with Gasteiger partial charge in [0, 0.05) is 6.42 Å². The first-order valence-electron chi connectivity index (χ1n) is 8.83. The molecule has 0 saturated heterocycles. The summed E-state index contributed by atoms with van der Waals surface area (Å²) in [6.45, 7) is 4.68. The van der Waals surface area contributed by atoms with Crippen LogP contribution in [0, 0.1) is 28.6 Å². The second kappa shape index (κ2) is 4.39. The molecule has 0 aromatic carbocycles. The standard InChI is InChI=1S/C19H28O3/c1-17-8-3-4-14(17)13-6-5-12-10-19(21,22)16(20)11-18(12,2)15(13)7-9-17/h6,11-12,14-15,20-22H,3-5,7-10H2,1-2H3/t12-,14+,15+,17+,18+/m1/s1. The van der Waals surface area contributed by atoms with E-state index in [1.807, 2.05) is 0 Å². The lowest BCUT2D eigenvalue weighted by Gasteiger charge is -2.55. The summed E-state index contributed by atoms with van der Waals surface area (Å²) in [4.78, 5) is 0. The third kappa shape index (κ3) is 1.81. The van der Waals surface area contributed by atoms with Gasteiger partial charge in [-0.1, -0.05) is 31.9 Å². The Balaban J connectivity index is 1.75. The molecular weight excluding hydrogens is 276 g/mol. The molecule has 0 aromatic heterocycles. The first-order chi connectivity index (χ1) is 10.3. The summed E-state index contributed by atoms with van der Waals surface area (Å²) >= 11 is 0. The van der Waals surface area contributed by atoms with Crippen molar-refractivity contribution >= 4 is 0 Å². The third-order valence-electron chi connectivity index (χ3n) is 7.55. The van der Waals surface area contributed by atoms with Crippen molar-refractivity contribution in [2.45, 2.75) is 64.6 Å². The molecule has 4 aliphatic carbocycles. The van der Waals surface area contributed by atoms with Crippen LogP contribution in [0.5, 0.6) is 0 Å². The number of hydrogen-bond donors (Lipinski definition) is 3. The fourth-order valence-electron chi connectivity index (χ4n) is 6.14. The van der Waals surface area contributed by atoms with Crippen LogP contribution >= 0.6 is 0 Å². The average Bonchev–Trinajstić information content (AvgIpc) is 2.82. The largest absolute Gasteiger partial charge is 0.507 e. The van der Waals surface area contributed by atoms with Gasteiger partial charge in [-0.3, -0.25) is 0 Å². The summed E-state index contributed by atoms with van der Waals surface area (Å²) in [5, 5.41) is 30.1. The molecule has 3 nitrogen and oxygen atoms in total. The van der Waals surface area contributed by atoms with E-state index in [9.17, 15) is 15.3 Å². The summed E-state index contributed by atoms with van der Waals surface area (Å²) in [7, 11) is 0. The van der Waals surface area contributed by atoms with E-state index in [-0.39, 0.29) is 23.5 Å². The molecule has 4 rings (SSSR count). The van der Waals surface area contributed by atoms with Gasteiger partial charge in [0.15, 0.2) is 0 Å². The zero-order chi connectivity index (χ0) is 15.8. The van der Waals surface area contributed by atoms with Gasteiger partial charge in [0.05, 0.1) is 0 Å². The number of fused-ring (bicyclic) bond motifs is 5. The molecule has 3 N–H and O–H groups in total. The summed E-state index contributed by atoms with van der Waals surface area (Å²) in [5.41, 5.74) is 1.95. The van der Waals surface area contributed by atoms with Gasteiger partial charge in [-0.15, -0.1) is 0 Å². The minimum atomic E-state index is -2.04. The van der Waals surface area contributed by atoms with Gasteiger partial charge in [-0.25, -0.2) is 0 Å². The third-order valence-corrected chi connectivity index (χ3v) is 7.55. The summed E-state index contributed by atoms with van der Waals surface area (Å²) in [5.74, 6) is -0.910. The average molecular weight is 304 g/mol. The maximum absolute atomic E-state index is 10.1. The predicted molar refractivity (Wildman–Crippen MR) is 85.0 cm³/mol. The van der Waals surface area contributed by atoms with Gasteiger partial charge >= 0.3 is 0 Å². The van der Waals surface area contributed by atoms with Crippen LogP contribution in [-0.2, 0) is 0 Å².